The average molecular weight is 343 g/mol. The molecule has 1 heterocycles. The number of ether oxygens (including phenoxy) is 1. The maximum Gasteiger partial charge on any atom is 0.364 e. The van der Waals surface area contributed by atoms with E-state index >= 15 is 0 Å². The zero-order valence-corrected chi connectivity index (χ0v) is 12.2. The zero-order chi connectivity index (χ0) is 18.0. The van der Waals surface area contributed by atoms with Gasteiger partial charge >= 0.3 is 11.9 Å². The lowest BCUT2D eigenvalue weighted by atomic mass is 10.2. The molecule has 2 fully saturated rings. The molecule has 0 spiro atoms. The molecule has 2 N–H and O–H groups in total. The molecule has 1 saturated carbocycles. The predicted octanol–water partition coefficient (Wildman–Crippen LogP) is -2.84. The van der Waals surface area contributed by atoms with Gasteiger partial charge in [0.05, 0.1) is 0 Å². The monoisotopic (exact) mass is 343 g/mol. The molecule has 130 valence electrons. The summed E-state index contributed by atoms with van der Waals surface area (Å²) < 4.78 is 4.48. The van der Waals surface area contributed by atoms with E-state index in [4.69, 9.17) is 0 Å². The summed E-state index contributed by atoms with van der Waals surface area (Å²) in [5.41, 5.74) is 0. The third-order valence-electron chi connectivity index (χ3n) is 3.41. The molecule has 0 aromatic rings. The average Bonchev–Trinajstić information content (AvgIpc) is 3.03. The second-order valence-corrected chi connectivity index (χ2v) is 5.13. The van der Waals surface area contributed by atoms with Gasteiger partial charge in [0.2, 0.25) is 6.10 Å². The molecule has 11 nitrogen and oxygen atoms in total. The Morgan fingerprint density at radius 1 is 0.875 bits per heavy atom. The Labute approximate surface area is 134 Å². The Balaban J connectivity index is 1.94. The van der Waals surface area contributed by atoms with Gasteiger partial charge in [0.25, 0.3) is 11.8 Å². The van der Waals surface area contributed by atoms with Crippen LogP contribution in [0.5, 0.6) is 0 Å². The Morgan fingerprint density at radius 3 is 1.83 bits per heavy atom. The second-order valence-electron chi connectivity index (χ2n) is 5.13. The van der Waals surface area contributed by atoms with Gasteiger partial charge < -0.3 is 19.8 Å². The largest absolute Gasteiger partial charge is 0.444 e. The quantitative estimate of drug-likeness (QED) is 0.302. The lowest BCUT2D eigenvalue weighted by Crippen LogP contribution is -2.46. The zero-order valence-electron chi connectivity index (χ0n) is 12.2. The number of hydrogen-bond donors (Lipinski definition) is 2. The number of Topliss-reactive ketones (excluding diaryl/α,β-unsaturated/α-hetero) is 2. The highest BCUT2D eigenvalue weighted by Crippen LogP contribution is 2.16. The van der Waals surface area contributed by atoms with Crippen molar-refractivity contribution in [3.63, 3.8) is 0 Å². The smallest absolute Gasteiger partial charge is 0.364 e. The summed E-state index contributed by atoms with van der Waals surface area (Å²) in [5, 5.41) is 19.2. The van der Waals surface area contributed by atoms with Crippen molar-refractivity contribution in [1.82, 2.24) is 5.06 Å². The number of hydrogen-bond acceptors (Lipinski definition) is 10. The first-order valence-corrected chi connectivity index (χ1v) is 6.92. The van der Waals surface area contributed by atoms with Crippen LogP contribution >= 0.6 is 0 Å². The first-order valence-electron chi connectivity index (χ1n) is 6.92. The molecule has 2 amide bonds. The van der Waals surface area contributed by atoms with Crippen LogP contribution in [0.25, 0.3) is 0 Å². The maximum absolute atomic E-state index is 11.6. The highest BCUT2D eigenvalue weighted by molar-refractivity contribution is 6.12. The Hall–Kier alpha value is -2.66. The number of amides is 2. The predicted molar refractivity (Wildman–Crippen MR) is 68.3 cm³/mol. The Bertz CT molecular complexity index is 540. The molecule has 0 aromatic carbocycles. The van der Waals surface area contributed by atoms with E-state index in [0.29, 0.717) is 0 Å². The van der Waals surface area contributed by atoms with E-state index < -0.39 is 53.6 Å². The number of carbonyl (C=O) groups is 6. The summed E-state index contributed by atoms with van der Waals surface area (Å²) in [5.74, 6) is -6.20. The van der Waals surface area contributed by atoms with E-state index in [1.54, 1.807) is 0 Å². The fraction of sp³-hybridized carbons (Fsp3) is 0.538. The van der Waals surface area contributed by atoms with Crippen molar-refractivity contribution in [3.8, 4) is 0 Å². The molecule has 2 atom stereocenters. The molecule has 2 unspecified atom stereocenters. The van der Waals surface area contributed by atoms with E-state index in [1.165, 1.54) is 0 Å². The van der Waals surface area contributed by atoms with Crippen LogP contribution in [-0.2, 0) is 38.3 Å². The molecule has 11 heteroatoms. The van der Waals surface area contributed by atoms with Gasteiger partial charge in [-0.1, -0.05) is 0 Å². The number of nitrogens with zero attached hydrogens (tertiary/aromatic N) is 1. The fourth-order valence-corrected chi connectivity index (χ4v) is 2.07. The van der Waals surface area contributed by atoms with Crippen LogP contribution in [0.2, 0.25) is 0 Å². The van der Waals surface area contributed by atoms with Crippen LogP contribution in [0, 0.1) is 0 Å². The molecule has 0 aromatic heterocycles. The topological polar surface area (TPSA) is 165 Å². The number of aliphatic hydroxyl groups excluding tert-OH is 2. The van der Waals surface area contributed by atoms with Crippen LogP contribution in [-0.4, -0.2) is 68.9 Å². The third-order valence-corrected chi connectivity index (χ3v) is 3.41. The molecule has 1 saturated heterocycles. The third kappa shape index (κ3) is 3.46. The van der Waals surface area contributed by atoms with Gasteiger partial charge in [0, 0.05) is 25.7 Å². The van der Waals surface area contributed by atoms with Gasteiger partial charge in [-0.15, -0.1) is 5.06 Å². The minimum Gasteiger partial charge on any atom is -0.444 e. The lowest BCUT2D eigenvalue weighted by molar-refractivity contribution is -0.208. The van der Waals surface area contributed by atoms with E-state index in [2.05, 4.69) is 9.57 Å². The molecule has 2 aliphatic rings. The number of esters is 1. The van der Waals surface area contributed by atoms with Crippen molar-refractivity contribution < 1.29 is 48.6 Å². The van der Waals surface area contributed by atoms with E-state index in [0.717, 1.165) is 0 Å². The van der Waals surface area contributed by atoms with Crippen LogP contribution < -0.4 is 0 Å². The van der Waals surface area contributed by atoms with E-state index in [9.17, 15) is 39.0 Å². The first kappa shape index (κ1) is 17.7. The SMILES string of the molecule is O=C1CCC(=O)C1OC(=O)C(O)C(O)C(=O)ON1C(=O)CCC1=O. The molecular weight excluding hydrogens is 330 g/mol. The van der Waals surface area contributed by atoms with Gasteiger partial charge in [-0.3, -0.25) is 19.2 Å². The first-order chi connectivity index (χ1) is 11.2. The lowest BCUT2D eigenvalue weighted by Gasteiger charge is -2.19. The Morgan fingerprint density at radius 2 is 1.33 bits per heavy atom. The summed E-state index contributed by atoms with van der Waals surface area (Å²) in [6.07, 6.45) is -7.22. The van der Waals surface area contributed by atoms with E-state index in [1.807, 2.05) is 0 Å². The van der Waals surface area contributed by atoms with Gasteiger partial charge in [-0.25, -0.2) is 9.59 Å². The molecule has 1 aliphatic carbocycles. The minimum absolute atomic E-state index is 0.114. The van der Waals surface area contributed by atoms with Gasteiger partial charge in [0.15, 0.2) is 23.8 Å². The van der Waals surface area contributed by atoms with Crippen molar-refractivity contribution in [1.29, 1.82) is 0 Å². The number of imide groups is 1. The van der Waals surface area contributed by atoms with Crippen LogP contribution in [0.4, 0.5) is 0 Å². The van der Waals surface area contributed by atoms with Gasteiger partial charge in [0.1, 0.15) is 0 Å². The van der Waals surface area contributed by atoms with Crippen molar-refractivity contribution in [3.05, 3.63) is 0 Å². The second kappa shape index (κ2) is 6.84. The van der Waals surface area contributed by atoms with Crippen molar-refractivity contribution >= 4 is 35.3 Å². The molecular formula is C13H13NO10. The summed E-state index contributed by atoms with van der Waals surface area (Å²) in [6.45, 7) is 0. The molecule has 2 rings (SSSR count). The van der Waals surface area contributed by atoms with Crippen molar-refractivity contribution in [2.24, 2.45) is 0 Å². The van der Waals surface area contributed by atoms with Crippen LogP contribution in [0.15, 0.2) is 0 Å². The van der Waals surface area contributed by atoms with Crippen molar-refractivity contribution in [2.75, 3.05) is 0 Å². The van der Waals surface area contributed by atoms with Crippen molar-refractivity contribution in [2.45, 2.75) is 44.0 Å². The maximum atomic E-state index is 11.6. The minimum atomic E-state index is -2.48. The summed E-state index contributed by atoms with van der Waals surface area (Å²) in [7, 11) is 0. The summed E-state index contributed by atoms with van der Waals surface area (Å²) >= 11 is 0. The standard InChI is InChI=1S/C13H13NO10/c15-5-1-2-6(16)11(5)23-12(21)9(19)10(20)13(22)24-14-7(17)3-4-8(14)18/h9-11,19-20H,1-4H2. The number of hydroxylamine groups is 2. The number of ketones is 2. The Kier molecular flexibility index (Phi) is 5.04. The molecule has 24 heavy (non-hydrogen) atoms. The molecule has 0 radical (unpaired) electrons. The fourth-order valence-electron chi connectivity index (χ4n) is 2.07. The number of rotatable bonds is 5. The number of aliphatic hydroxyl groups is 2. The number of carbonyl (C=O) groups excluding carboxylic acids is 6. The summed E-state index contributed by atoms with van der Waals surface area (Å²) in [6, 6.07) is 0. The van der Waals surface area contributed by atoms with Crippen LogP contribution in [0.1, 0.15) is 25.7 Å². The molecule has 1 aliphatic heterocycles. The van der Waals surface area contributed by atoms with Gasteiger partial charge in [-0.2, -0.15) is 0 Å². The highest BCUT2D eigenvalue weighted by Gasteiger charge is 2.42. The van der Waals surface area contributed by atoms with E-state index in [-0.39, 0.29) is 30.7 Å². The van der Waals surface area contributed by atoms with Gasteiger partial charge in [-0.05, 0) is 0 Å². The molecule has 0 bridgehead atoms. The highest BCUT2D eigenvalue weighted by atomic mass is 16.7. The normalized spacial score (nSPS) is 21.2. The van der Waals surface area contributed by atoms with Crippen LogP contribution in [0.3, 0.4) is 0 Å². The summed E-state index contributed by atoms with van der Waals surface area (Å²) in [4.78, 5) is 72.7.